The van der Waals surface area contributed by atoms with Crippen LogP contribution in [0.4, 0.5) is 5.69 Å². The van der Waals surface area contributed by atoms with Crippen molar-refractivity contribution in [2.24, 2.45) is 5.41 Å². The van der Waals surface area contributed by atoms with Crippen LogP contribution in [-0.2, 0) is 4.79 Å². The Bertz CT molecular complexity index is 1650. The number of fused-ring (bicyclic) bond motifs is 1. The number of imidazole rings is 1. The molecule has 5 rings (SSSR count). The van der Waals surface area contributed by atoms with Gasteiger partial charge in [0.2, 0.25) is 0 Å². The van der Waals surface area contributed by atoms with Crippen molar-refractivity contribution in [1.82, 2.24) is 9.55 Å². The number of hydrogen-bond donors (Lipinski definition) is 2. The van der Waals surface area contributed by atoms with E-state index in [1.165, 1.54) is 36.8 Å². The molecule has 0 radical (unpaired) electrons. The summed E-state index contributed by atoms with van der Waals surface area (Å²) in [5, 5.41) is 11.8. The van der Waals surface area contributed by atoms with Gasteiger partial charge in [-0.2, -0.15) is 0 Å². The van der Waals surface area contributed by atoms with E-state index in [4.69, 9.17) is 14.8 Å². The second-order valence-corrected chi connectivity index (χ2v) is 11.6. The maximum atomic E-state index is 13.3. The van der Waals surface area contributed by atoms with E-state index in [9.17, 15) is 9.59 Å². The molecule has 1 heterocycles. The summed E-state index contributed by atoms with van der Waals surface area (Å²) in [4.78, 5) is 28.9. The Hall–Kier alpha value is -4.65. The van der Waals surface area contributed by atoms with E-state index in [2.05, 4.69) is 66.2 Å². The van der Waals surface area contributed by atoms with Crippen molar-refractivity contribution in [3.05, 3.63) is 114 Å². The van der Waals surface area contributed by atoms with Crippen molar-refractivity contribution < 1.29 is 19.4 Å². The van der Waals surface area contributed by atoms with Crippen LogP contribution in [0.2, 0.25) is 0 Å². The normalized spacial score (nSPS) is 14.6. The van der Waals surface area contributed by atoms with Crippen LogP contribution in [0.5, 0.6) is 5.75 Å². The molecule has 7 heteroatoms. The summed E-state index contributed by atoms with van der Waals surface area (Å²) in [5.41, 5.74) is 5.37. The number of ether oxygens (including phenoxy) is 1. The second-order valence-electron chi connectivity index (χ2n) is 11.6. The average molecular weight is 592 g/mol. The molecule has 1 aliphatic rings. The van der Waals surface area contributed by atoms with Crippen LogP contribution in [0.3, 0.4) is 0 Å². The summed E-state index contributed by atoms with van der Waals surface area (Å²) in [6.07, 6.45) is 15.2. The number of aliphatic carboxylic acids is 1. The average Bonchev–Trinajstić information content (AvgIpc) is 3.45. The number of hydrogen-bond acceptors (Lipinski definition) is 4. The van der Waals surface area contributed by atoms with Gasteiger partial charge in [-0.05, 0) is 72.6 Å². The zero-order chi connectivity index (χ0) is 30.9. The van der Waals surface area contributed by atoms with Gasteiger partial charge in [0.25, 0.3) is 5.91 Å². The van der Waals surface area contributed by atoms with E-state index < -0.39 is 5.97 Å². The van der Waals surface area contributed by atoms with Gasteiger partial charge < -0.3 is 19.7 Å². The molecule has 1 aromatic heterocycles. The van der Waals surface area contributed by atoms with E-state index >= 15 is 0 Å². The topological polar surface area (TPSA) is 93.5 Å². The molecule has 2 N–H and O–H groups in total. The summed E-state index contributed by atoms with van der Waals surface area (Å²) >= 11 is 0. The molecule has 44 heavy (non-hydrogen) atoms. The Balaban J connectivity index is 1.39. The molecule has 0 bridgehead atoms. The van der Waals surface area contributed by atoms with Crippen LogP contribution in [0.15, 0.2) is 103 Å². The Kier molecular flexibility index (Phi) is 9.95. The van der Waals surface area contributed by atoms with E-state index in [-0.39, 0.29) is 30.4 Å². The van der Waals surface area contributed by atoms with Crippen molar-refractivity contribution in [1.29, 1.82) is 0 Å². The Morgan fingerprint density at radius 3 is 2.48 bits per heavy atom. The molecule has 0 spiro atoms. The fraction of sp³-hybridized carbons (Fsp3) is 0.324. The number of nitrogens with one attached hydrogen (secondary N) is 1. The fourth-order valence-electron chi connectivity index (χ4n) is 6.25. The molecule has 0 saturated heterocycles. The lowest BCUT2D eigenvalue weighted by atomic mass is 9.72. The van der Waals surface area contributed by atoms with Gasteiger partial charge in [-0.25, -0.2) is 4.98 Å². The Morgan fingerprint density at radius 2 is 1.77 bits per heavy atom. The predicted molar refractivity (Wildman–Crippen MR) is 175 cm³/mol. The lowest BCUT2D eigenvalue weighted by molar-refractivity contribution is -0.137. The van der Waals surface area contributed by atoms with Gasteiger partial charge in [-0.15, -0.1) is 0 Å². The maximum Gasteiger partial charge on any atom is 0.303 e. The zero-order valence-corrected chi connectivity index (χ0v) is 25.5. The van der Waals surface area contributed by atoms with Crippen LogP contribution >= 0.6 is 0 Å². The number of para-hydroxylation sites is 2. The highest BCUT2D eigenvalue weighted by molar-refractivity contribution is 6.06. The summed E-state index contributed by atoms with van der Waals surface area (Å²) < 4.78 is 7.96. The first-order chi connectivity index (χ1) is 21.4. The van der Waals surface area contributed by atoms with E-state index in [0.717, 1.165) is 17.5 Å². The Morgan fingerprint density at radius 1 is 1.02 bits per heavy atom. The van der Waals surface area contributed by atoms with Crippen molar-refractivity contribution in [2.75, 3.05) is 11.9 Å². The van der Waals surface area contributed by atoms with Crippen LogP contribution < -0.4 is 10.1 Å². The van der Waals surface area contributed by atoms with Crippen LogP contribution in [0, 0.1) is 5.41 Å². The molecular weight excluding hydrogens is 550 g/mol. The van der Waals surface area contributed by atoms with Crippen LogP contribution in [0.1, 0.15) is 80.8 Å². The van der Waals surface area contributed by atoms with Crippen LogP contribution in [-0.4, -0.2) is 33.1 Å². The van der Waals surface area contributed by atoms with Crippen molar-refractivity contribution in [3.63, 3.8) is 0 Å². The molecule has 1 amide bonds. The van der Waals surface area contributed by atoms with E-state index in [1.54, 1.807) is 12.1 Å². The van der Waals surface area contributed by atoms with Gasteiger partial charge in [-0.3, -0.25) is 9.59 Å². The second kappa shape index (κ2) is 14.2. The van der Waals surface area contributed by atoms with Gasteiger partial charge in [0, 0.05) is 12.0 Å². The lowest BCUT2D eigenvalue weighted by Gasteiger charge is -2.34. The molecule has 1 atom stereocenters. The number of carboxylic acids is 1. The first-order valence-electron chi connectivity index (χ1n) is 15.6. The molecular formula is C37H41N3O4. The molecule has 7 nitrogen and oxygen atoms in total. The first kappa shape index (κ1) is 30.8. The minimum Gasteiger partial charge on any atom is -0.491 e. The highest BCUT2D eigenvalue weighted by atomic mass is 16.5. The molecule has 1 unspecified atom stereocenters. The number of rotatable bonds is 14. The zero-order valence-electron chi connectivity index (χ0n) is 25.5. The highest BCUT2D eigenvalue weighted by Gasteiger charge is 2.29. The molecule has 0 aliphatic heterocycles. The Labute approximate surface area is 259 Å². The lowest BCUT2D eigenvalue weighted by Crippen LogP contribution is -2.21. The molecule has 0 fully saturated rings. The molecule has 0 saturated carbocycles. The standard InChI is InChI=1S/C37H41N3O4/c1-3-20-37(21-4-2)22-18-28(19-23-37)35(27-11-6-5-7-12-27)40-26-38-31-25-29(16-17-32(31)40)36(43)39-30-13-8-9-14-33(30)44-24-10-15-34(41)42/h5-9,11-14,16-19,22,25-26,35H,3-4,10,15,20-21,23-24H2,1-2H3,(H,39,43)(H,41,42). The summed E-state index contributed by atoms with van der Waals surface area (Å²) in [7, 11) is 0. The highest BCUT2D eigenvalue weighted by Crippen LogP contribution is 2.42. The number of carbonyl (C=O) groups is 2. The van der Waals surface area contributed by atoms with E-state index in [0.29, 0.717) is 23.4 Å². The van der Waals surface area contributed by atoms with Gasteiger partial charge in [-0.1, -0.05) is 87.4 Å². The third-order valence-electron chi connectivity index (χ3n) is 8.34. The van der Waals surface area contributed by atoms with E-state index in [1.807, 2.05) is 42.7 Å². The quantitative estimate of drug-likeness (QED) is 0.143. The third-order valence-corrected chi connectivity index (χ3v) is 8.34. The summed E-state index contributed by atoms with van der Waals surface area (Å²) in [6.45, 7) is 4.77. The van der Waals surface area contributed by atoms with Gasteiger partial charge >= 0.3 is 5.97 Å². The molecule has 4 aromatic rings. The number of carboxylic acid groups (broad SMARTS) is 1. The first-order valence-corrected chi connectivity index (χ1v) is 15.6. The van der Waals surface area contributed by atoms with Gasteiger partial charge in [0.05, 0.1) is 35.7 Å². The van der Waals surface area contributed by atoms with Gasteiger partial charge in [0.15, 0.2) is 0 Å². The molecule has 228 valence electrons. The smallest absolute Gasteiger partial charge is 0.303 e. The van der Waals surface area contributed by atoms with Gasteiger partial charge in [0.1, 0.15) is 5.75 Å². The number of amides is 1. The monoisotopic (exact) mass is 591 g/mol. The van der Waals surface area contributed by atoms with Crippen molar-refractivity contribution in [3.8, 4) is 5.75 Å². The minimum absolute atomic E-state index is 0.0262. The number of carbonyl (C=O) groups excluding carboxylic acids is 1. The number of anilines is 1. The fourth-order valence-corrected chi connectivity index (χ4v) is 6.25. The third kappa shape index (κ3) is 7.10. The summed E-state index contributed by atoms with van der Waals surface area (Å²) in [5.74, 6) is -0.641. The molecule has 1 aliphatic carbocycles. The SMILES string of the molecule is CCCC1(CCC)C=CC(C(c2ccccc2)n2cnc3cc(C(=O)Nc4ccccc4OCCCC(=O)O)ccc32)=CC1. The number of allylic oxidation sites excluding steroid dienone is 4. The number of benzene rings is 3. The maximum absolute atomic E-state index is 13.3. The van der Waals surface area contributed by atoms with Crippen LogP contribution in [0.25, 0.3) is 11.0 Å². The molecule has 3 aromatic carbocycles. The summed E-state index contributed by atoms with van der Waals surface area (Å²) in [6, 6.07) is 23.2. The number of aromatic nitrogens is 2. The van der Waals surface area contributed by atoms with Crippen molar-refractivity contribution >= 4 is 28.6 Å². The minimum atomic E-state index is -0.865. The largest absolute Gasteiger partial charge is 0.491 e. The van der Waals surface area contributed by atoms with Crippen molar-refractivity contribution in [2.45, 2.75) is 64.8 Å². The predicted octanol–water partition coefficient (Wildman–Crippen LogP) is 8.59. The number of nitrogens with zero attached hydrogens (tertiary/aromatic N) is 2.